The molecular formula is C16H18FNO. The van der Waals surface area contributed by atoms with Gasteiger partial charge in [-0.15, -0.1) is 0 Å². The van der Waals surface area contributed by atoms with E-state index in [1.54, 1.807) is 12.1 Å². The molecule has 0 radical (unpaired) electrons. The fraction of sp³-hybridized carbons (Fsp3) is 0.250. The molecule has 2 N–H and O–H groups in total. The number of benzene rings is 2. The second-order valence-corrected chi connectivity index (χ2v) is 4.52. The van der Waals surface area contributed by atoms with Crippen molar-refractivity contribution in [3.8, 4) is 5.75 Å². The molecule has 0 saturated heterocycles. The monoisotopic (exact) mass is 259 g/mol. The van der Waals surface area contributed by atoms with E-state index >= 15 is 0 Å². The average molecular weight is 259 g/mol. The molecule has 0 atom stereocenters. The van der Waals surface area contributed by atoms with Gasteiger partial charge < -0.3 is 10.4 Å². The van der Waals surface area contributed by atoms with Gasteiger partial charge in [-0.05, 0) is 23.6 Å². The summed E-state index contributed by atoms with van der Waals surface area (Å²) in [5.41, 5.74) is 3.06. The lowest BCUT2D eigenvalue weighted by Crippen LogP contribution is -2.13. The normalized spacial score (nSPS) is 10.6. The standard InChI is InChI=1S/C16H18FNO/c1-2-12-6-8-13(9-7-12)10-18-11-14-4-3-5-15(17)16(14)19/h3-9,18-19H,2,10-11H2,1H3. The van der Waals surface area contributed by atoms with Crippen molar-refractivity contribution in [2.24, 2.45) is 0 Å². The van der Waals surface area contributed by atoms with E-state index < -0.39 is 5.82 Å². The third kappa shape index (κ3) is 3.55. The first-order valence-electron chi connectivity index (χ1n) is 6.45. The summed E-state index contributed by atoms with van der Waals surface area (Å²) in [7, 11) is 0. The first-order chi connectivity index (χ1) is 9.20. The molecule has 2 nitrogen and oxygen atoms in total. The lowest BCUT2D eigenvalue weighted by molar-refractivity contribution is 0.423. The Morgan fingerprint density at radius 1 is 1.00 bits per heavy atom. The molecule has 0 aromatic heterocycles. The van der Waals surface area contributed by atoms with Gasteiger partial charge in [-0.1, -0.05) is 43.3 Å². The van der Waals surface area contributed by atoms with Crippen LogP contribution in [0.1, 0.15) is 23.6 Å². The first kappa shape index (κ1) is 13.6. The van der Waals surface area contributed by atoms with E-state index in [2.05, 4.69) is 36.5 Å². The van der Waals surface area contributed by atoms with Gasteiger partial charge in [0.1, 0.15) is 0 Å². The average Bonchev–Trinajstić information content (AvgIpc) is 2.44. The zero-order chi connectivity index (χ0) is 13.7. The minimum atomic E-state index is -0.577. The van der Waals surface area contributed by atoms with Crippen LogP contribution in [0.5, 0.6) is 5.75 Å². The lowest BCUT2D eigenvalue weighted by atomic mass is 10.1. The number of halogens is 1. The highest BCUT2D eigenvalue weighted by molar-refractivity contribution is 5.33. The van der Waals surface area contributed by atoms with Gasteiger partial charge >= 0.3 is 0 Å². The summed E-state index contributed by atoms with van der Waals surface area (Å²) < 4.78 is 13.1. The van der Waals surface area contributed by atoms with Crippen LogP contribution in [0.25, 0.3) is 0 Å². The van der Waals surface area contributed by atoms with Crippen molar-refractivity contribution in [1.82, 2.24) is 5.32 Å². The Kier molecular flexibility index (Phi) is 4.53. The first-order valence-corrected chi connectivity index (χ1v) is 6.45. The second kappa shape index (κ2) is 6.34. The summed E-state index contributed by atoms with van der Waals surface area (Å²) in [4.78, 5) is 0. The number of para-hydroxylation sites is 1. The van der Waals surface area contributed by atoms with Crippen LogP contribution in [0, 0.1) is 5.82 Å². The van der Waals surface area contributed by atoms with Gasteiger partial charge in [-0.25, -0.2) is 4.39 Å². The Labute approximate surface area is 112 Å². The Morgan fingerprint density at radius 3 is 2.37 bits per heavy atom. The predicted molar refractivity (Wildman–Crippen MR) is 74.4 cm³/mol. The van der Waals surface area contributed by atoms with Crippen LogP contribution < -0.4 is 5.32 Å². The number of hydrogen-bond acceptors (Lipinski definition) is 2. The zero-order valence-corrected chi connectivity index (χ0v) is 11.0. The van der Waals surface area contributed by atoms with E-state index in [1.165, 1.54) is 17.2 Å². The summed E-state index contributed by atoms with van der Waals surface area (Å²) in [6.45, 7) is 3.26. The van der Waals surface area contributed by atoms with Crippen LogP contribution >= 0.6 is 0 Å². The molecular weight excluding hydrogens is 241 g/mol. The topological polar surface area (TPSA) is 32.3 Å². The highest BCUT2D eigenvalue weighted by Gasteiger charge is 2.05. The highest BCUT2D eigenvalue weighted by atomic mass is 19.1. The number of aryl methyl sites for hydroxylation is 1. The fourth-order valence-electron chi connectivity index (χ4n) is 1.94. The molecule has 2 rings (SSSR count). The van der Waals surface area contributed by atoms with Crippen LogP contribution in [-0.4, -0.2) is 5.11 Å². The van der Waals surface area contributed by atoms with Crippen molar-refractivity contribution < 1.29 is 9.50 Å². The molecule has 0 aliphatic carbocycles. The zero-order valence-electron chi connectivity index (χ0n) is 11.0. The number of phenolic OH excluding ortho intramolecular Hbond substituents is 1. The molecule has 0 bridgehead atoms. The molecule has 0 amide bonds. The van der Waals surface area contributed by atoms with E-state index in [1.807, 2.05) is 0 Å². The van der Waals surface area contributed by atoms with E-state index in [-0.39, 0.29) is 5.75 Å². The lowest BCUT2D eigenvalue weighted by Gasteiger charge is -2.08. The maximum atomic E-state index is 13.1. The van der Waals surface area contributed by atoms with Gasteiger partial charge in [0, 0.05) is 18.7 Å². The maximum absolute atomic E-state index is 13.1. The number of phenols is 1. The molecule has 0 aliphatic rings. The molecule has 0 unspecified atom stereocenters. The van der Waals surface area contributed by atoms with Gasteiger partial charge in [-0.2, -0.15) is 0 Å². The van der Waals surface area contributed by atoms with Crippen LogP contribution in [0.2, 0.25) is 0 Å². The van der Waals surface area contributed by atoms with E-state index in [0.717, 1.165) is 6.42 Å². The third-order valence-corrected chi connectivity index (χ3v) is 3.15. The smallest absolute Gasteiger partial charge is 0.165 e. The second-order valence-electron chi connectivity index (χ2n) is 4.52. The van der Waals surface area contributed by atoms with E-state index in [4.69, 9.17) is 0 Å². The molecule has 0 spiro atoms. The summed E-state index contributed by atoms with van der Waals surface area (Å²) in [6, 6.07) is 12.9. The fourth-order valence-corrected chi connectivity index (χ4v) is 1.94. The molecule has 2 aromatic rings. The maximum Gasteiger partial charge on any atom is 0.165 e. The SMILES string of the molecule is CCc1ccc(CNCc2cccc(F)c2O)cc1. The molecule has 0 aliphatic heterocycles. The van der Waals surface area contributed by atoms with Crippen molar-refractivity contribution in [2.45, 2.75) is 26.4 Å². The molecule has 100 valence electrons. The van der Waals surface area contributed by atoms with Gasteiger partial charge in [-0.3, -0.25) is 0 Å². The van der Waals surface area contributed by atoms with E-state index in [0.29, 0.717) is 18.7 Å². The minimum Gasteiger partial charge on any atom is -0.505 e. The predicted octanol–water partition coefficient (Wildman–Crippen LogP) is 3.38. The van der Waals surface area contributed by atoms with Crippen LogP contribution in [0.4, 0.5) is 4.39 Å². The molecule has 3 heteroatoms. The Hall–Kier alpha value is -1.87. The molecule has 0 fully saturated rings. The molecule has 2 aromatic carbocycles. The summed E-state index contributed by atoms with van der Waals surface area (Å²) in [5.74, 6) is -0.845. The van der Waals surface area contributed by atoms with Crippen LogP contribution in [0.15, 0.2) is 42.5 Å². The number of nitrogens with one attached hydrogen (secondary N) is 1. The van der Waals surface area contributed by atoms with Gasteiger partial charge in [0.25, 0.3) is 0 Å². The Bertz CT molecular complexity index is 537. The van der Waals surface area contributed by atoms with Gasteiger partial charge in [0.05, 0.1) is 0 Å². The minimum absolute atomic E-state index is 0.267. The number of hydrogen-bond donors (Lipinski definition) is 2. The van der Waals surface area contributed by atoms with Gasteiger partial charge in [0.15, 0.2) is 11.6 Å². The summed E-state index contributed by atoms with van der Waals surface area (Å²) >= 11 is 0. The van der Waals surface area contributed by atoms with E-state index in [9.17, 15) is 9.50 Å². The molecule has 0 heterocycles. The summed E-state index contributed by atoms with van der Waals surface area (Å²) in [5, 5.41) is 12.7. The third-order valence-electron chi connectivity index (χ3n) is 3.15. The van der Waals surface area contributed by atoms with Crippen molar-refractivity contribution >= 4 is 0 Å². The Balaban J connectivity index is 1.90. The van der Waals surface area contributed by atoms with Crippen LogP contribution in [-0.2, 0) is 19.5 Å². The van der Waals surface area contributed by atoms with Crippen LogP contribution in [0.3, 0.4) is 0 Å². The van der Waals surface area contributed by atoms with Crippen molar-refractivity contribution in [3.05, 3.63) is 65.0 Å². The largest absolute Gasteiger partial charge is 0.505 e. The molecule has 19 heavy (non-hydrogen) atoms. The Morgan fingerprint density at radius 2 is 1.68 bits per heavy atom. The van der Waals surface area contributed by atoms with Crippen molar-refractivity contribution in [1.29, 1.82) is 0 Å². The van der Waals surface area contributed by atoms with Gasteiger partial charge in [0.2, 0.25) is 0 Å². The number of aromatic hydroxyl groups is 1. The highest BCUT2D eigenvalue weighted by Crippen LogP contribution is 2.20. The van der Waals surface area contributed by atoms with Crippen molar-refractivity contribution in [2.75, 3.05) is 0 Å². The number of rotatable bonds is 5. The molecule has 0 saturated carbocycles. The summed E-state index contributed by atoms with van der Waals surface area (Å²) in [6.07, 6.45) is 1.03. The quantitative estimate of drug-likeness (QED) is 0.862. The van der Waals surface area contributed by atoms with Crippen molar-refractivity contribution in [3.63, 3.8) is 0 Å².